The van der Waals surface area contributed by atoms with E-state index in [-0.39, 0.29) is 6.04 Å². The molecule has 1 aliphatic rings. The van der Waals surface area contributed by atoms with Crippen LogP contribution < -0.4 is 5.32 Å². The van der Waals surface area contributed by atoms with Gasteiger partial charge in [-0.15, -0.1) is 0 Å². The zero-order chi connectivity index (χ0) is 10.6. The van der Waals surface area contributed by atoms with Crippen molar-refractivity contribution in [1.29, 1.82) is 0 Å². The quantitative estimate of drug-likeness (QED) is 0.712. The maximum absolute atomic E-state index is 9.72. The molecule has 0 aromatic rings. The molecule has 0 heterocycles. The largest absolute Gasteiger partial charge is 0.389 e. The lowest BCUT2D eigenvalue weighted by atomic mass is 9.99. The topological polar surface area (TPSA) is 32.3 Å². The maximum Gasteiger partial charge on any atom is 0.0741 e. The molecule has 1 fully saturated rings. The molecule has 0 bridgehead atoms. The summed E-state index contributed by atoms with van der Waals surface area (Å²) in [7, 11) is 0. The van der Waals surface area contributed by atoms with Crippen LogP contribution >= 0.6 is 0 Å². The highest BCUT2D eigenvalue weighted by Crippen LogP contribution is 2.27. The van der Waals surface area contributed by atoms with E-state index < -0.39 is 5.60 Å². The fraction of sp³-hybridized carbons (Fsp3) is 1.00. The molecule has 1 aliphatic carbocycles. The number of hydrogen-bond donors (Lipinski definition) is 2. The zero-order valence-electron chi connectivity index (χ0n) is 9.84. The molecule has 84 valence electrons. The summed E-state index contributed by atoms with van der Waals surface area (Å²) in [5, 5.41) is 13.1. The third-order valence-corrected chi connectivity index (χ3v) is 3.54. The second-order valence-corrected chi connectivity index (χ2v) is 5.27. The Morgan fingerprint density at radius 3 is 2.43 bits per heavy atom. The number of nitrogens with one attached hydrogen (secondary N) is 1. The maximum atomic E-state index is 9.72. The molecule has 0 saturated heterocycles. The van der Waals surface area contributed by atoms with Crippen LogP contribution in [-0.2, 0) is 0 Å². The molecule has 2 nitrogen and oxygen atoms in total. The van der Waals surface area contributed by atoms with E-state index >= 15 is 0 Å². The minimum atomic E-state index is -0.602. The summed E-state index contributed by atoms with van der Waals surface area (Å²) in [6.45, 7) is 6.82. The van der Waals surface area contributed by atoms with Crippen LogP contribution in [-0.4, -0.2) is 23.3 Å². The van der Waals surface area contributed by atoms with Gasteiger partial charge in [0.1, 0.15) is 0 Å². The van der Waals surface area contributed by atoms with Gasteiger partial charge in [-0.25, -0.2) is 0 Å². The van der Waals surface area contributed by atoms with E-state index in [0.717, 1.165) is 12.5 Å². The molecule has 1 atom stereocenters. The lowest BCUT2D eigenvalue weighted by Crippen LogP contribution is -2.45. The Balaban J connectivity index is 2.08. The van der Waals surface area contributed by atoms with Crippen molar-refractivity contribution in [2.75, 3.05) is 6.54 Å². The van der Waals surface area contributed by atoms with Crippen LogP contribution in [0, 0.1) is 5.92 Å². The monoisotopic (exact) mass is 199 g/mol. The summed E-state index contributed by atoms with van der Waals surface area (Å²) in [6, 6.07) is 0.184. The van der Waals surface area contributed by atoms with Crippen molar-refractivity contribution >= 4 is 0 Å². The molecule has 14 heavy (non-hydrogen) atoms. The SMILES string of the molecule is CC(NCCC1CCCC1)C(C)(C)O. The molecular weight excluding hydrogens is 174 g/mol. The fourth-order valence-electron chi connectivity index (χ4n) is 2.05. The third-order valence-electron chi connectivity index (χ3n) is 3.54. The van der Waals surface area contributed by atoms with Crippen molar-refractivity contribution in [2.24, 2.45) is 5.92 Å². The number of hydrogen-bond acceptors (Lipinski definition) is 2. The molecule has 0 aliphatic heterocycles. The van der Waals surface area contributed by atoms with Crippen molar-refractivity contribution < 1.29 is 5.11 Å². The van der Waals surface area contributed by atoms with Crippen LogP contribution in [0.25, 0.3) is 0 Å². The normalized spacial score (nSPS) is 21.4. The first kappa shape index (κ1) is 12.0. The van der Waals surface area contributed by atoms with Crippen LogP contribution in [0.15, 0.2) is 0 Å². The molecule has 0 amide bonds. The number of rotatable bonds is 5. The van der Waals surface area contributed by atoms with Crippen molar-refractivity contribution in [3.63, 3.8) is 0 Å². The molecule has 0 spiro atoms. The van der Waals surface area contributed by atoms with Gasteiger partial charge in [0, 0.05) is 6.04 Å². The van der Waals surface area contributed by atoms with Gasteiger partial charge in [-0.1, -0.05) is 25.7 Å². The Morgan fingerprint density at radius 1 is 1.36 bits per heavy atom. The summed E-state index contributed by atoms with van der Waals surface area (Å²) in [5.41, 5.74) is -0.602. The van der Waals surface area contributed by atoms with E-state index in [1.807, 2.05) is 13.8 Å². The average Bonchev–Trinajstić information content (AvgIpc) is 2.55. The Kier molecular flexibility index (Phi) is 4.39. The van der Waals surface area contributed by atoms with Gasteiger partial charge in [0.05, 0.1) is 5.60 Å². The first-order valence-corrected chi connectivity index (χ1v) is 5.96. The van der Waals surface area contributed by atoms with Gasteiger partial charge in [-0.05, 0) is 39.7 Å². The predicted molar refractivity (Wildman–Crippen MR) is 60.3 cm³/mol. The Bertz CT molecular complexity index is 156. The summed E-state index contributed by atoms with van der Waals surface area (Å²) in [5.74, 6) is 0.941. The molecule has 0 radical (unpaired) electrons. The van der Waals surface area contributed by atoms with Crippen LogP contribution in [0.2, 0.25) is 0 Å². The Morgan fingerprint density at radius 2 is 1.93 bits per heavy atom. The van der Waals surface area contributed by atoms with Gasteiger partial charge in [-0.2, -0.15) is 0 Å². The molecule has 0 aromatic carbocycles. The molecule has 1 rings (SSSR count). The van der Waals surface area contributed by atoms with E-state index in [4.69, 9.17) is 0 Å². The highest BCUT2D eigenvalue weighted by molar-refractivity contribution is 4.80. The van der Waals surface area contributed by atoms with Crippen molar-refractivity contribution in [1.82, 2.24) is 5.32 Å². The average molecular weight is 199 g/mol. The van der Waals surface area contributed by atoms with Gasteiger partial charge in [0.15, 0.2) is 0 Å². The molecule has 2 heteroatoms. The zero-order valence-corrected chi connectivity index (χ0v) is 9.84. The smallest absolute Gasteiger partial charge is 0.0741 e. The second kappa shape index (κ2) is 5.13. The molecule has 1 unspecified atom stereocenters. The highest BCUT2D eigenvalue weighted by Gasteiger charge is 2.22. The summed E-state index contributed by atoms with van der Waals surface area (Å²) in [6.07, 6.45) is 6.95. The Labute approximate surface area is 88.1 Å². The van der Waals surface area contributed by atoms with Crippen molar-refractivity contribution in [3.8, 4) is 0 Å². The molecule has 2 N–H and O–H groups in total. The van der Waals surface area contributed by atoms with Gasteiger partial charge in [-0.3, -0.25) is 0 Å². The standard InChI is InChI=1S/C12H25NO/c1-10(12(2,3)14)13-9-8-11-6-4-5-7-11/h10-11,13-14H,4-9H2,1-3H3. The van der Waals surface area contributed by atoms with E-state index in [0.29, 0.717) is 0 Å². The van der Waals surface area contributed by atoms with Gasteiger partial charge < -0.3 is 10.4 Å². The summed E-state index contributed by atoms with van der Waals surface area (Å²) < 4.78 is 0. The second-order valence-electron chi connectivity index (χ2n) is 5.27. The van der Waals surface area contributed by atoms with E-state index in [1.54, 1.807) is 0 Å². The van der Waals surface area contributed by atoms with Crippen molar-refractivity contribution in [3.05, 3.63) is 0 Å². The van der Waals surface area contributed by atoms with Gasteiger partial charge >= 0.3 is 0 Å². The number of aliphatic hydroxyl groups is 1. The van der Waals surface area contributed by atoms with Crippen molar-refractivity contribution in [2.45, 2.75) is 64.5 Å². The summed E-state index contributed by atoms with van der Waals surface area (Å²) >= 11 is 0. The van der Waals surface area contributed by atoms with Gasteiger partial charge in [0.25, 0.3) is 0 Å². The van der Waals surface area contributed by atoms with Crippen LogP contribution in [0.5, 0.6) is 0 Å². The molecule has 0 aromatic heterocycles. The first-order chi connectivity index (χ1) is 6.50. The van der Waals surface area contributed by atoms with E-state index in [9.17, 15) is 5.11 Å². The van der Waals surface area contributed by atoms with E-state index in [2.05, 4.69) is 12.2 Å². The van der Waals surface area contributed by atoms with Crippen LogP contribution in [0.3, 0.4) is 0 Å². The first-order valence-electron chi connectivity index (χ1n) is 5.96. The lowest BCUT2D eigenvalue weighted by molar-refractivity contribution is 0.0439. The fourth-order valence-corrected chi connectivity index (χ4v) is 2.05. The summed E-state index contributed by atoms with van der Waals surface area (Å²) in [4.78, 5) is 0. The van der Waals surface area contributed by atoms with Crippen LogP contribution in [0.1, 0.15) is 52.9 Å². The third kappa shape index (κ3) is 3.97. The highest BCUT2D eigenvalue weighted by atomic mass is 16.3. The molecular formula is C12H25NO. The predicted octanol–water partition coefficient (Wildman–Crippen LogP) is 2.32. The van der Waals surface area contributed by atoms with Gasteiger partial charge in [0.2, 0.25) is 0 Å². The lowest BCUT2D eigenvalue weighted by Gasteiger charge is -2.27. The van der Waals surface area contributed by atoms with E-state index in [1.165, 1.54) is 32.1 Å². The minimum Gasteiger partial charge on any atom is -0.389 e. The molecule has 1 saturated carbocycles. The Hall–Kier alpha value is -0.0800. The minimum absolute atomic E-state index is 0.184. The van der Waals surface area contributed by atoms with Crippen LogP contribution in [0.4, 0.5) is 0 Å².